The van der Waals surface area contributed by atoms with Gasteiger partial charge in [-0.2, -0.15) is 0 Å². The summed E-state index contributed by atoms with van der Waals surface area (Å²) >= 11 is 0. The maximum Gasteiger partial charge on any atom is 0.311 e. The Hall–Kier alpha value is -1.97. The van der Waals surface area contributed by atoms with Gasteiger partial charge in [0.15, 0.2) is 0 Å². The van der Waals surface area contributed by atoms with E-state index < -0.39 is 0 Å². The molecule has 0 heterocycles. The highest BCUT2D eigenvalue weighted by Crippen LogP contribution is 2.18. The molecule has 0 aliphatic rings. The minimum absolute atomic E-state index is 0.244. The molecule has 0 saturated heterocycles. The molecular formula is C12H14O4. The number of aliphatic hydroxyl groups is 1. The molecule has 0 aromatic heterocycles. The molecule has 0 aliphatic carbocycles. The van der Waals surface area contributed by atoms with Crippen LogP contribution in [0.2, 0.25) is 0 Å². The lowest BCUT2D eigenvalue weighted by Crippen LogP contribution is -2.06. The molecule has 1 N–H and O–H groups in total. The Morgan fingerprint density at radius 2 is 1.94 bits per heavy atom. The van der Waals surface area contributed by atoms with Gasteiger partial charge in [-0.3, -0.25) is 4.79 Å². The van der Waals surface area contributed by atoms with Crippen molar-refractivity contribution < 1.29 is 19.4 Å². The minimum Gasteiger partial charge on any atom is -0.512 e. The Morgan fingerprint density at radius 3 is 2.50 bits per heavy atom. The summed E-state index contributed by atoms with van der Waals surface area (Å²) < 4.78 is 10.0. The first-order chi connectivity index (χ1) is 7.76. The summed E-state index contributed by atoms with van der Waals surface area (Å²) in [6, 6.07) is 6.56. The van der Waals surface area contributed by atoms with Gasteiger partial charge in [-0.1, -0.05) is 6.92 Å². The third-order valence-corrected chi connectivity index (χ3v) is 1.77. The van der Waals surface area contributed by atoms with Crippen LogP contribution in [0.4, 0.5) is 0 Å². The van der Waals surface area contributed by atoms with Crippen molar-refractivity contribution in [2.45, 2.75) is 19.8 Å². The van der Waals surface area contributed by atoms with E-state index in [1.54, 1.807) is 24.3 Å². The molecule has 86 valence electrons. The quantitative estimate of drug-likeness (QED) is 0.473. The van der Waals surface area contributed by atoms with Crippen LogP contribution in [-0.2, 0) is 4.79 Å². The van der Waals surface area contributed by atoms with Crippen LogP contribution in [-0.4, -0.2) is 11.1 Å². The minimum atomic E-state index is -0.244. The van der Waals surface area contributed by atoms with E-state index in [1.165, 1.54) is 0 Å². The highest BCUT2D eigenvalue weighted by molar-refractivity contribution is 5.72. The van der Waals surface area contributed by atoms with Gasteiger partial charge in [0.1, 0.15) is 24.0 Å². The van der Waals surface area contributed by atoms with Crippen LogP contribution in [0.15, 0.2) is 36.8 Å². The Balaban J connectivity index is 2.54. The number of rotatable bonds is 5. The second kappa shape index (κ2) is 6.50. The largest absolute Gasteiger partial charge is 0.512 e. The van der Waals surface area contributed by atoms with Crippen molar-refractivity contribution >= 4 is 5.97 Å². The molecule has 0 radical (unpaired) electrons. The Morgan fingerprint density at radius 1 is 1.31 bits per heavy atom. The Bertz CT molecular complexity index is 354. The monoisotopic (exact) mass is 222 g/mol. The number of hydrogen-bond acceptors (Lipinski definition) is 4. The molecule has 1 aromatic rings. The topological polar surface area (TPSA) is 55.8 Å². The van der Waals surface area contributed by atoms with Crippen LogP contribution >= 0.6 is 0 Å². The van der Waals surface area contributed by atoms with Crippen molar-refractivity contribution in [1.29, 1.82) is 0 Å². The predicted molar refractivity (Wildman–Crippen MR) is 59.4 cm³/mol. The van der Waals surface area contributed by atoms with E-state index in [0.717, 1.165) is 18.9 Å². The van der Waals surface area contributed by atoms with E-state index in [9.17, 15) is 4.79 Å². The lowest BCUT2D eigenvalue weighted by molar-refractivity contribution is -0.134. The fraction of sp³-hybridized carbons (Fsp3) is 0.250. The van der Waals surface area contributed by atoms with E-state index in [1.807, 2.05) is 6.92 Å². The maximum atomic E-state index is 11.2. The van der Waals surface area contributed by atoms with Crippen molar-refractivity contribution in [3.8, 4) is 11.5 Å². The van der Waals surface area contributed by atoms with Gasteiger partial charge >= 0.3 is 5.97 Å². The van der Waals surface area contributed by atoms with Crippen molar-refractivity contribution in [3.05, 3.63) is 36.8 Å². The van der Waals surface area contributed by atoms with Gasteiger partial charge in [0.25, 0.3) is 0 Å². The van der Waals surface area contributed by atoms with Crippen LogP contribution in [0.1, 0.15) is 19.8 Å². The van der Waals surface area contributed by atoms with Crippen molar-refractivity contribution in [1.82, 2.24) is 0 Å². The smallest absolute Gasteiger partial charge is 0.311 e. The van der Waals surface area contributed by atoms with Crippen LogP contribution in [0, 0.1) is 0 Å². The highest BCUT2D eigenvalue weighted by Gasteiger charge is 2.02. The average molecular weight is 222 g/mol. The van der Waals surface area contributed by atoms with Gasteiger partial charge in [-0.15, -0.1) is 0 Å². The summed E-state index contributed by atoms with van der Waals surface area (Å²) in [5, 5.41) is 8.39. The Labute approximate surface area is 94.1 Å². The number of carbonyl (C=O) groups excluding carboxylic acids is 1. The van der Waals surface area contributed by atoms with Gasteiger partial charge in [0.2, 0.25) is 0 Å². The Kier molecular flexibility index (Phi) is 4.92. The van der Waals surface area contributed by atoms with Crippen LogP contribution in [0.25, 0.3) is 0 Å². The first kappa shape index (κ1) is 12.1. The first-order valence-electron chi connectivity index (χ1n) is 5.03. The van der Waals surface area contributed by atoms with Crippen LogP contribution < -0.4 is 9.47 Å². The summed E-state index contributed by atoms with van der Waals surface area (Å²) in [5.41, 5.74) is 0. The maximum absolute atomic E-state index is 11.2. The van der Waals surface area contributed by atoms with E-state index in [2.05, 4.69) is 0 Å². The van der Waals surface area contributed by atoms with Gasteiger partial charge < -0.3 is 14.6 Å². The molecule has 4 nitrogen and oxygen atoms in total. The number of carbonyl (C=O) groups is 1. The normalized spacial score (nSPS) is 10.3. The van der Waals surface area contributed by atoms with Crippen LogP contribution in [0.3, 0.4) is 0 Å². The van der Waals surface area contributed by atoms with E-state index >= 15 is 0 Å². The summed E-state index contributed by atoms with van der Waals surface area (Å²) in [4.78, 5) is 11.2. The third kappa shape index (κ3) is 4.04. The first-order valence-corrected chi connectivity index (χ1v) is 5.03. The molecule has 1 aromatic carbocycles. The molecule has 0 aliphatic heterocycles. The highest BCUT2D eigenvalue weighted by atomic mass is 16.5. The number of esters is 1. The fourth-order valence-electron chi connectivity index (χ4n) is 1.08. The zero-order valence-corrected chi connectivity index (χ0v) is 9.05. The zero-order valence-electron chi connectivity index (χ0n) is 9.05. The average Bonchev–Trinajstić information content (AvgIpc) is 2.28. The van der Waals surface area contributed by atoms with Gasteiger partial charge in [-0.05, 0) is 30.7 Å². The standard InChI is InChI=1S/C12H14O4/c1-2-3-12(14)16-11-6-4-10(5-7-11)15-9-8-13/h4-9,13H,2-3H2,1H3. The van der Waals surface area contributed by atoms with Crippen molar-refractivity contribution in [2.24, 2.45) is 0 Å². The molecule has 4 heteroatoms. The van der Waals surface area contributed by atoms with Crippen LogP contribution in [0.5, 0.6) is 11.5 Å². The molecule has 0 saturated carbocycles. The molecule has 0 fully saturated rings. The lowest BCUT2D eigenvalue weighted by atomic mass is 10.3. The number of hydrogen-bond donors (Lipinski definition) is 1. The number of ether oxygens (including phenoxy) is 2. The fourth-order valence-corrected chi connectivity index (χ4v) is 1.08. The van der Waals surface area contributed by atoms with Gasteiger partial charge in [-0.25, -0.2) is 0 Å². The SMILES string of the molecule is CCCC(=O)Oc1ccc(OC=CO)cc1. The van der Waals surface area contributed by atoms with Gasteiger partial charge in [0, 0.05) is 6.42 Å². The van der Waals surface area contributed by atoms with Gasteiger partial charge in [0.05, 0.1) is 0 Å². The zero-order chi connectivity index (χ0) is 11.8. The second-order valence-electron chi connectivity index (χ2n) is 3.10. The number of benzene rings is 1. The number of aliphatic hydroxyl groups excluding tert-OH is 1. The molecular weight excluding hydrogens is 208 g/mol. The molecule has 0 unspecified atom stereocenters. The van der Waals surface area contributed by atoms with Crippen molar-refractivity contribution in [2.75, 3.05) is 0 Å². The summed E-state index contributed by atoms with van der Waals surface area (Å²) in [5.74, 6) is 0.797. The molecule has 1 rings (SSSR count). The third-order valence-electron chi connectivity index (χ3n) is 1.77. The van der Waals surface area contributed by atoms with Crippen molar-refractivity contribution in [3.63, 3.8) is 0 Å². The molecule has 16 heavy (non-hydrogen) atoms. The van der Waals surface area contributed by atoms with E-state index in [-0.39, 0.29) is 5.97 Å². The van der Waals surface area contributed by atoms with E-state index in [0.29, 0.717) is 17.9 Å². The molecule has 0 atom stereocenters. The second-order valence-corrected chi connectivity index (χ2v) is 3.10. The molecule has 0 amide bonds. The summed E-state index contributed by atoms with van der Waals surface area (Å²) in [6.45, 7) is 1.92. The summed E-state index contributed by atoms with van der Waals surface area (Å²) in [7, 11) is 0. The molecule has 0 spiro atoms. The lowest BCUT2D eigenvalue weighted by Gasteiger charge is -2.04. The predicted octanol–water partition coefficient (Wildman–Crippen LogP) is 2.80. The molecule has 0 bridgehead atoms. The summed E-state index contributed by atoms with van der Waals surface area (Å²) in [6.07, 6.45) is 3.13. The van der Waals surface area contributed by atoms with E-state index in [4.69, 9.17) is 14.6 Å².